The summed E-state index contributed by atoms with van der Waals surface area (Å²) < 4.78 is 5.48. The highest BCUT2D eigenvalue weighted by molar-refractivity contribution is 6.31. The summed E-state index contributed by atoms with van der Waals surface area (Å²) in [5.41, 5.74) is 2.56. The van der Waals surface area contributed by atoms with Gasteiger partial charge in [0.05, 0.1) is 6.04 Å². The molecule has 1 aliphatic heterocycles. The van der Waals surface area contributed by atoms with E-state index in [1.165, 1.54) is 6.92 Å². The number of nitrogens with zero attached hydrogens (tertiary/aromatic N) is 2. The third-order valence-electron chi connectivity index (χ3n) is 4.74. The molecule has 2 amide bonds. The van der Waals surface area contributed by atoms with Crippen LogP contribution in [0.2, 0.25) is 5.02 Å². The molecule has 0 aliphatic carbocycles. The highest BCUT2D eigenvalue weighted by Crippen LogP contribution is 2.34. The molecule has 0 aromatic heterocycles. The number of amides is 2. The molecular formula is C21H32ClN3O3. The molecule has 6 nitrogen and oxygen atoms in total. The van der Waals surface area contributed by atoms with Crippen molar-refractivity contribution in [3.63, 3.8) is 0 Å². The van der Waals surface area contributed by atoms with Crippen LogP contribution in [-0.2, 0) is 9.53 Å². The molecule has 1 atom stereocenters. The van der Waals surface area contributed by atoms with Gasteiger partial charge in [0, 0.05) is 43.8 Å². The zero-order valence-corrected chi connectivity index (χ0v) is 18.5. The minimum Gasteiger partial charge on any atom is -0.444 e. The normalized spacial score (nSPS) is 16.0. The van der Waals surface area contributed by atoms with Crippen molar-refractivity contribution in [3.8, 4) is 0 Å². The number of hydrogen-bond acceptors (Lipinski definition) is 4. The molecule has 1 aromatic carbocycles. The Morgan fingerprint density at radius 1 is 1.21 bits per heavy atom. The summed E-state index contributed by atoms with van der Waals surface area (Å²) in [5, 5.41) is 3.73. The summed E-state index contributed by atoms with van der Waals surface area (Å²) >= 11 is 6.41. The lowest BCUT2D eigenvalue weighted by molar-refractivity contribution is -0.119. The Kier molecular flexibility index (Phi) is 7.21. The Morgan fingerprint density at radius 3 is 2.32 bits per heavy atom. The Bertz CT molecular complexity index is 722. The molecule has 1 aromatic rings. The van der Waals surface area contributed by atoms with Crippen molar-refractivity contribution < 1.29 is 14.3 Å². The summed E-state index contributed by atoms with van der Waals surface area (Å²) in [5.74, 6) is -0.0554. The second kappa shape index (κ2) is 9.03. The molecule has 2 rings (SSSR count). The SMILES string of the molecule is CCC(NC(C)=O)c1cc(C)c(Cl)cc1N1CCN(C(=O)OC(C)(C)C)CC1. The first-order valence-corrected chi connectivity index (χ1v) is 10.2. The monoisotopic (exact) mass is 409 g/mol. The van der Waals surface area contributed by atoms with Gasteiger partial charge >= 0.3 is 6.09 Å². The molecule has 1 heterocycles. The van der Waals surface area contributed by atoms with Gasteiger partial charge in [-0.05, 0) is 51.3 Å². The number of halogens is 1. The first-order chi connectivity index (χ1) is 13.0. The minimum atomic E-state index is -0.501. The van der Waals surface area contributed by atoms with Crippen LogP contribution in [0.5, 0.6) is 0 Å². The lowest BCUT2D eigenvalue weighted by Gasteiger charge is -2.38. The van der Waals surface area contributed by atoms with E-state index in [1.54, 1.807) is 4.90 Å². The number of rotatable bonds is 4. The highest BCUT2D eigenvalue weighted by Gasteiger charge is 2.28. The fourth-order valence-electron chi connectivity index (χ4n) is 3.35. The van der Waals surface area contributed by atoms with Crippen LogP contribution in [0, 0.1) is 6.92 Å². The van der Waals surface area contributed by atoms with Gasteiger partial charge in [-0.2, -0.15) is 0 Å². The number of anilines is 1. The fourth-order valence-corrected chi connectivity index (χ4v) is 3.51. The molecule has 1 N–H and O–H groups in total. The van der Waals surface area contributed by atoms with E-state index in [-0.39, 0.29) is 18.0 Å². The predicted molar refractivity (Wildman–Crippen MR) is 113 cm³/mol. The van der Waals surface area contributed by atoms with Crippen molar-refractivity contribution in [1.82, 2.24) is 10.2 Å². The Labute approximate surface area is 173 Å². The molecule has 0 saturated carbocycles. The number of ether oxygens (including phenoxy) is 1. The van der Waals surface area contributed by atoms with Gasteiger partial charge in [0.15, 0.2) is 0 Å². The van der Waals surface area contributed by atoms with Crippen LogP contribution in [0.1, 0.15) is 58.2 Å². The van der Waals surface area contributed by atoms with Crippen molar-refractivity contribution in [3.05, 3.63) is 28.3 Å². The second-order valence-electron chi connectivity index (χ2n) is 8.28. The van der Waals surface area contributed by atoms with Gasteiger partial charge in [-0.25, -0.2) is 4.79 Å². The van der Waals surface area contributed by atoms with Gasteiger partial charge in [-0.3, -0.25) is 4.79 Å². The maximum atomic E-state index is 12.3. The first kappa shape index (κ1) is 22.3. The zero-order chi connectivity index (χ0) is 21.1. The van der Waals surface area contributed by atoms with Crippen LogP contribution in [0.3, 0.4) is 0 Å². The number of nitrogens with one attached hydrogen (secondary N) is 1. The quantitative estimate of drug-likeness (QED) is 0.805. The lowest BCUT2D eigenvalue weighted by Crippen LogP contribution is -2.50. The molecule has 1 saturated heterocycles. The van der Waals surface area contributed by atoms with Gasteiger partial charge in [0.1, 0.15) is 5.60 Å². The van der Waals surface area contributed by atoms with E-state index in [9.17, 15) is 9.59 Å². The minimum absolute atomic E-state index is 0.0554. The van der Waals surface area contributed by atoms with E-state index in [2.05, 4.69) is 23.2 Å². The number of carbonyl (C=O) groups excluding carboxylic acids is 2. The average molecular weight is 410 g/mol. The number of piperazine rings is 1. The van der Waals surface area contributed by atoms with Gasteiger partial charge < -0.3 is 19.9 Å². The molecule has 0 radical (unpaired) electrons. The van der Waals surface area contributed by atoms with Gasteiger partial charge in [-0.1, -0.05) is 24.6 Å². The third-order valence-corrected chi connectivity index (χ3v) is 5.15. The number of carbonyl (C=O) groups is 2. The number of aryl methyl sites for hydroxylation is 1. The zero-order valence-electron chi connectivity index (χ0n) is 17.8. The van der Waals surface area contributed by atoms with E-state index < -0.39 is 5.60 Å². The van der Waals surface area contributed by atoms with E-state index in [0.717, 1.165) is 23.2 Å². The van der Waals surface area contributed by atoms with E-state index in [1.807, 2.05) is 33.8 Å². The van der Waals surface area contributed by atoms with Crippen LogP contribution in [-0.4, -0.2) is 48.7 Å². The van der Waals surface area contributed by atoms with Crippen molar-refractivity contribution in [1.29, 1.82) is 0 Å². The van der Waals surface area contributed by atoms with Crippen molar-refractivity contribution >= 4 is 29.3 Å². The largest absolute Gasteiger partial charge is 0.444 e. The molecule has 0 bridgehead atoms. The fraction of sp³-hybridized carbons (Fsp3) is 0.619. The van der Waals surface area contributed by atoms with Crippen LogP contribution < -0.4 is 10.2 Å². The molecule has 28 heavy (non-hydrogen) atoms. The van der Waals surface area contributed by atoms with Crippen molar-refractivity contribution in [2.75, 3.05) is 31.1 Å². The van der Waals surface area contributed by atoms with Crippen LogP contribution in [0.25, 0.3) is 0 Å². The summed E-state index contributed by atoms with van der Waals surface area (Å²) in [7, 11) is 0. The Balaban J connectivity index is 2.20. The van der Waals surface area contributed by atoms with E-state index >= 15 is 0 Å². The van der Waals surface area contributed by atoms with Crippen molar-refractivity contribution in [2.45, 2.75) is 59.6 Å². The van der Waals surface area contributed by atoms with Crippen LogP contribution >= 0.6 is 11.6 Å². The molecule has 1 unspecified atom stereocenters. The standard InChI is InChI=1S/C21H32ClN3O3/c1-7-18(23-15(3)26)16-12-14(2)17(22)13-19(16)24-8-10-25(11-9-24)20(27)28-21(4,5)6/h12-13,18H,7-11H2,1-6H3,(H,23,26). The smallest absolute Gasteiger partial charge is 0.410 e. The molecule has 7 heteroatoms. The summed E-state index contributed by atoms with van der Waals surface area (Å²) in [6, 6.07) is 3.95. The Hall–Kier alpha value is -1.95. The van der Waals surface area contributed by atoms with E-state index in [4.69, 9.17) is 16.3 Å². The topological polar surface area (TPSA) is 61.9 Å². The van der Waals surface area contributed by atoms with Crippen LogP contribution in [0.15, 0.2) is 12.1 Å². The molecule has 1 aliphatic rings. The predicted octanol–water partition coefficient (Wildman–Crippen LogP) is 4.29. The average Bonchev–Trinajstić information content (AvgIpc) is 2.60. The van der Waals surface area contributed by atoms with E-state index in [0.29, 0.717) is 31.2 Å². The lowest BCUT2D eigenvalue weighted by atomic mass is 9.98. The first-order valence-electron chi connectivity index (χ1n) is 9.82. The maximum Gasteiger partial charge on any atom is 0.410 e. The Morgan fingerprint density at radius 2 is 1.82 bits per heavy atom. The van der Waals surface area contributed by atoms with Crippen LogP contribution in [0.4, 0.5) is 10.5 Å². The molecule has 1 fully saturated rings. The highest BCUT2D eigenvalue weighted by atomic mass is 35.5. The molecule has 156 valence electrons. The summed E-state index contributed by atoms with van der Waals surface area (Å²) in [6.07, 6.45) is 0.505. The second-order valence-corrected chi connectivity index (χ2v) is 8.68. The van der Waals surface area contributed by atoms with Gasteiger partial charge in [0.25, 0.3) is 0 Å². The molecule has 0 spiro atoms. The number of benzene rings is 1. The van der Waals surface area contributed by atoms with Crippen molar-refractivity contribution in [2.24, 2.45) is 0 Å². The summed E-state index contributed by atoms with van der Waals surface area (Å²) in [6.45, 7) is 13.7. The van der Waals surface area contributed by atoms with Gasteiger partial charge in [-0.15, -0.1) is 0 Å². The molecular weight excluding hydrogens is 378 g/mol. The van der Waals surface area contributed by atoms with Gasteiger partial charge in [0.2, 0.25) is 5.91 Å². The maximum absolute atomic E-state index is 12.3. The third kappa shape index (κ3) is 5.77. The number of hydrogen-bond donors (Lipinski definition) is 1. The summed E-state index contributed by atoms with van der Waals surface area (Å²) in [4.78, 5) is 27.9.